The van der Waals surface area contributed by atoms with Crippen LogP contribution in [-0.2, 0) is 20.5 Å². The van der Waals surface area contributed by atoms with Crippen molar-refractivity contribution in [2.24, 2.45) is 0 Å². The fraction of sp³-hybridized carbons (Fsp3) is 0.250. The molecule has 0 bridgehead atoms. The second kappa shape index (κ2) is 9.69. The molecule has 2 aromatic rings. The third-order valence-corrected chi connectivity index (χ3v) is 4.23. The van der Waals surface area contributed by atoms with Crippen LogP contribution in [0.15, 0.2) is 36.4 Å². The van der Waals surface area contributed by atoms with Gasteiger partial charge >= 0.3 is 12.1 Å². The lowest BCUT2D eigenvalue weighted by atomic mass is 10.1. The number of anilines is 1. The minimum atomic E-state index is -4.57. The highest BCUT2D eigenvalue weighted by atomic mass is 35.5. The molecule has 166 valence electrons. The van der Waals surface area contributed by atoms with Crippen molar-refractivity contribution in [2.75, 3.05) is 12.4 Å². The molecular weight excluding hydrogens is 441 g/mol. The van der Waals surface area contributed by atoms with Gasteiger partial charge in [-0.1, -0.05) is 11.6 Å². The maximum Gasteiger partial charge on any atom is 0.416 e. The summed E-state index contributed by atoms with van der Waals surface area (Å²) in [6, 6.07) is 5.60. The number of carbonyl (C=O) groups is 3. The van der Waals surface area contributed by atoms with Gasteiger partial charge in [-0.2, -0.15) is 13.2 Å². The minimum absolute atomic E-state index is 0.0495. The molecule has 2 aromatic carbocycles. The lowest BCUT2D eigenvalue weighted by molar-refractivity contribution is -0.142. The van der Waals surface area contributed by atoms with E-state index in [0.29, 0.717) is 6.07 Å². The normalized spacial score (nSPS) is 12.0. The van der Waals surface area contributed by atoms with Crippen molar-refractivity contribution in [2.45, 2.75) is 26.1 Å². The van der Waals surface area contributed by atoms with Crippen molar-refractivity contribution in [3.05, 3.63) is 52.5 Å². The Kier molecular flexibility index (Phi) is 7.50. The monoisotopic (exact) mass is 458 g/mol. The Hall–Kier alpha value is -3.27. The zero-order valence-corrected chi connectivity index (χ0v) is 17.4. The third kappa shape index (κ3) is 6.35. The van der Waals surface area contributed by atoms with Gasteiger partial charge in [0, 0.05) is 6.92 Å². The summed E-state index contributed by atoms with van der Waals surface area (Å²) in [5.41, 5.74) is -0.859. The number of rotatable bonds is 6. The van der Waals surface area contributed by atoms with Gasteiger partial charge in [0.05, 0.1) is 28.9 Å². The van der Waals surface area contributed by atoms with Gasteiger partial charge in [0.1, 0.15) is 17.5 Å². The highest BCUT2D eigenvalue weighted by molar-refractivity contribution is 6.32. The Balaban J connectivity index is 2.35. The molecule has 0 heterocycles. The highest BCUT2D eigenvalue weighted by Crippen LogP contribution is 2.37. The summed E-state index contributed by atoms with van der Waals surface area (Å²) in [5.74, 6) is -1.86. The van der Waals surface area contributed by atoms with Crippen molar-refractivity contribution < 1.29 is 37.0 Å². The molecule has 0 unspecified atom stereocenters. The van der Waals surface area contributed by atoms with E-state index in [1.165, 1.54) is 32.0 Å². The number of benzene rings is 2. The molecule has 0 aliphatic heterocycles. The first kappa shape index (κ1) is 24.0. The predicted molar refractivity (Wildman–Crippen MR) is 106 cm³/mol. The predicted octanol–water partition coefficient (Wildman–Crippen LogP) is 4.40. The van der Waals surface area contributed by atoms with Crippen molar-refractivity contribution in [1.82, 2.24) is 5.32 Å². The van der Waals surface area contributed by atoms with E-state index in [0.717, 1.165) is 19.2 Å². The summed E-state index contributed by atoms with van der Waals surface area (Å²) in [6.07, 6.45) is -4.57. The van der Waals surface area contributed by atoms with Crippen molar-refractivity contribution in [1.29, 1.82) is 0 Å². The number of esters is 1. The van der Waals surface area contributed by atoms with Crippen molar-refractivity contribution in [3.8, 4) is 11.5 Å². The van der Waals surface area contributed by atoms with Gasteiger partial charge in [0.2, 0.25) is 5.91 Å². The molecular formula is C20H18ClF3N2O5. The summed E-state index contributed by atoms with van der Waals surface area (Å²) in [7, 11) is 1.16. The molecule has 0 saturated heterocycles. The fourth-order valence-electron chi connectivity index (χ4n) is 2.47. The number of alkyl halides is 3. The van der Waals surface area contributed by atoms with Crippen molar-refractivity contribution in [3.63, 3.8) is 0 Å². The fourth-order valence-corrected chi connectivity index (χ4v) is 2.69. The smallest absolute Gasteiger partial charge is 0.416 e. The Bertz CT molecular complexity index is 1010. The Morgan fingerprint density at radius 3 is 2.32 bits per heavy atom. The number of carbonyl (C=O) groups excluding carboxylic acids is 3. The van der Waals surface area contributed by atoms with Gasteiger partial charge in [-0.15, -0.1) is 0 Å². The zero-order chi connectivity index (χ0) is 23.3. The van der Waals surface area contributed by atoms with Gasteiger partial charge in [-0.25, -0.2) is 4.79 Å². The van der Waals surface area contributed by atoms with Crippen molar-refractivity contribution >= 4 is 35.1 Å². The lowest BCUT2D eigenvalue weighted by Crippen LogP contribution is -2.39. The topological polar surface area (TPSA) is 93.7 Å². The molecule has 0 aliphatic rings. The largest absolute Gasteiger partial charge is 0.467 e. The number of methoxy groups -OCH3 is 1. The van der Waals surface area contributed by atoms with Gasteiger partial charge in [0.25, 0.3) is 5.91 Å². The summed E-state index contributed by atoms with van der Waals surface area (Å²) >= 11 is 5.89. The van der Waals surface area contributed by atoms with E-state index >= 15 is 0 Å². The van der Waals surface area contributed by atoms with E-state index in [2.05, 4.69) is 15.4 Å². The van der Waals surface area contributed by atoms with Crippen LogP contribution >= 0.6 is 11.6 Å². The quantitative estimate of drug-likeness (QED) is 0.626. The van der Waals surface area contributed by atoms with Gasteiger partial charge < -0.3 is 20.1 Å². The first-order valence-electron chi connectivity index (χ1n) is 8.77. The molecule has 2 rings (SSSR count). The molecule has 31 heavy (non-hydrogen) atoms. The molecule has 0 spiro atoms. The third-order valence-electron chi connectivity index (χ3n) is 3.94. The van der Waals surface area contributed by atoms with Crippen LogP contribution in [0.1, 0.15) is 29.8 Å². The van der Waals surface area contributed by atoms with E-state index < -0.39 is 35.6 Å². The SMILES string of the molecule is COC(=O)[C@H](C)NC(=O)c1cc(Oc2ccc(C(F)(F)F)cc2Cl)ccc1NC(C)=O. The molecule has 7 nitrogen and oxygen atoms in total. The maximum atomic E-state index is 12.8. The number of amides is 2. The van der Waals surface area contributed by atoms with Crippen LogP contribution in [0.4, 0.5) is 18.9 Å². The number of hydrogen-bond acceptors (Lipinski definition) is 5. The van der Waals surface area contributed by atoms with Crippen LogP contribution in [0.25, 0.3) is 0 Å². The van der Waals surface area contributed by atoms with Crippen LogP contribution in [-0.4, -0.2) is 30.9 Å². The molecule has 0 radical (unpaired) electrons. The number of hydrogen-bond donors (Lipinski definition) is 2. The summed E-state index contributed by atoms with van der Waals surface area (Å²) in [5, 5.41) is 4.60. The van der Waals surface area contributed by atoms with Crippen LogP contribution in [0.5, 0.6) is 11.5 Å². The highest BCUT2D eigenvalue weighted by Gasteiger charge is 2.31. The van der Waals surface area contributed by atoms with Crippen LogP contribution in [0.3, 0.4) is 0 Å². The second-order valence-electron chi connectivity index (χ2n) is 6.35. The zero-order valence-electron chi connectivity index (χ0n) is 16.6. The Morgan fingerprint density at radius 1 is 1.10 bits per heavy atom. The molecule has 0 aromatic heterocycles. The minimum Gasteiger partial charge on any atom is -0.467 e. The van der Waals surface area contributed by atoms with E-state index in [-0.39, 0.29) is 27.8 Å². The summed E-state index contributed by atoms with van der Waals surface area (Å²) in [6.45, 7) is 2.65. The van der Waals surface area contributed by atoms with Crippen LogP contribution < -0.4 is 15.4 Å². The maximum absolute atomic E-state index is 12.8. The van der Waals surface area contributed by atoms with E-state index in [1.54, 1.807) is 0 Å². The molecule has 0 aliphatic carbocycles. The lowest BCUT2D eigenvalue weighted by Gasteiger charge is -2.16. The number of nitrogens with one attached hydrogen (secondary N) is 2. The van der Waals surface area contributed by atoms with Gasteiger partial charge in [-0.3, -0.25) is 9.59 Å². The molecule has 2 amide bonds. The average Bonchev–Trinajstić information content (AvgIpc) is 2.68. The average molecular weight is 459 g/mol. The molecule has 11 heteroatoms. The molecule has 0 fully saturated rings. The standard InChI is InChI=1S/C20H18ClF3N2O5/c1-10(19(29)30-3)25-18(28)14-9-13(5-6-16(14)26-11(2)27)31-17-7-4-12(8-15(17)21)20(22,23)24/h4-10H,1-3H3,(H,25,28)(H,26,27)/t10-/m0/s1. The van der Waals surface area contributed by atoms with Crippen LogP contribution in [0, 0.1) is 0 Å². The van der Waals surface area contributed by atoms with E-state index in [4.69, 9.17) is 16.3 Å². The van der Waals surface area contributed by atoms with E-state index in [1.807, 2.05) is 0 Å². The molecule has 1 atom stereocenters. The van der Waals surface area contributed by atoms with Crippen LogP contribution in [0.2, 0.25) is 5.02 Å². The first-order valence-corrected chi connectivity index (χ1v) is 9.15. The Labute approximate surface area is 180 Å². The summed E-state index contributed by atoms with van der Waals surface area (Å²) in [4.78, 5) is 35.6. The second-order valence-corrected chi connectivity index (χ2v) is 6.76. The number of halogens is 4. The van der Waals surface area contributed by atoms with E-state index in [9.17, 15) is 27.6 Å². The Morgan fingerprint density at radius 2 is 1.77 bits per heavy atom. The first-order chi connectivity index (χ1) is 14.4. The molecule has 2 N–H and O–H groups in total. The number of ether oxygens (including phenoxy) is 2. The van der Waals surface area contributed by atoms with Gasteiger partial charge in [-0.05, 0) is 43.3 Å². The summed E-state index contributed by atoms with van der Waals surface area (Å²) < 4.78 is 48.4. The molecule has 0 saturated carbocycles. The van der Waals surface area contributed by atoms with Gasteiger partial charge in [0.15, 0.2) is 0 Å².